The third kappa shape index (κ3) is 4.87. The van der Waals surface area contributed by atoms with Crippen molar-refractivity contribution >= 4 is 11.5 Å². The van der Waals surface area contributed by atoms with E-state index in [0.29, 0.717) is 13.0 Å². The van der Waals surface area contributed by atoms with E-state index in [1.54, 1.807) is 0 Å². The standard InChI is InChI=1S/C23H27NO3/c1-2-16-26-23(27-22(25)21-10-8-18(17-24)9-11-21)14-12-20(13-15-23)19-6-4-3-5-7-19/h3-7,12-14,18,21H,2,8-11,15-16H2,1H3. The lowest BCUT2D eigenvalue weighted by molar-refractivity contribution is -0.213. The third-order valence-electron chi connectivity index (χ3n) is 5.30. The second-order valence-corrected chi connectivity index (χ2v) is 7.32. The average Bonchev–Trinajstić information content (AvgIpc) is 2.73. The minimum atomic E-state index is -1.02. The van der Waals surface area contributed by atoms with Crippen LogP contribution in [0.2, 0.25) is 0 Å². The second kappa shape index (κ2) is 9.01. The highest BCUT2D eigenvalue weighted by molar-refractivity contribution is 5.76. The van der Waals surface area contributed by atoms with Gasteiger partial charge in [-0.2, -0.15) is 5.26 Å². The summed E-state index contributed by atoms with van der Waals surface area (Å²) >= 11 is 0. The summed E-state index contributed by atoms with van der Waals surface area (Å²) < 4.78 is 11.9. The Morgan fingerprint density at radius 1 is 1.22 bits per heavy atom. The molecule has 142 valence electrons. The average molecular weight is 365 g/mol. The van der Waals surface area contributed by atoms with E-state index in [0.717, 1.165) is 43.2 Å². The van der Waals surface area contributed by atoms with Gasteiger partial charge in [-0.05, 0) is 49.3 Å². The van der Waals surface area contributed by atoms with Crippen LogP contribution < -0.4 is 0 Å². The van der Waals surface area contributed by atoms with E-state index in [1.165, 1.54) is 0 Å². The van der Waals surface area contributed by atoms with Crippen LogP contribution in [0.25, 0.3) is 5.57 Å². The van der Waals surface area contributed by atoms with Crippen molar-refractivity contribution in [2.24, 2.45) is 11.8 Å². The van der Waals surface area contributed by atoms with Crippen molar-refractivity contribution in [3.8, 4) is 6.07 Å². The molecule has 0 amide bonds. The number of hydrogen-bond acceptors (Lipinski definition) is 4. The van der Waals surface area contributed by atoms with E-state index >= 15 is 0 Å². The predicted molar refractivity (Wildman–Crippen MR) is 104 cm³/mol. The summed E-state index contributed by atoms with van der Waals surface area (Å²) in [7, 11) is 0. The summed E-state index contributed by atoms with van der Waals surface area (Å²) in [6.45, 7) is 2.57. The number of nitrogens with zero attached hydrogens (tertiary/aromatic N) is 1. The van der Waals surface area contributed by atoms with Gasteiger partial charge < -0.3 is 9.47 Å². The summed E-state index contributed by atoms with van der Waals surface area (Å²) in [6.07, 6.45) is 10.3. The summed E-state index contributed by atoms with van der Waals surface area (Å²) in [6, 6.07) is 12.5. The predicted octanol–water partition coefficient (Wildman–Crippen LogP) is 5.03. The van der Waals surface area contributed by atoms with Crippen LogP contribution in [0.15, 0.2) is 48.6 Å². The van der Waals surface area contributed by atoms with Crippen molar-refractivity contribution in [2.45, 2.75) is 51.2 Å². The fourth-order valence-corrected chi connectivity index (χ4v) is 3.65. The first kappa shape index (κ1) is 19.4. The van der Waals surface area contributed by atoms with Crippen molar-refractivity contribution in [2.75, 3.05) is 6.61 Å². The van der Waals surface area contributed by atoms with Gasteiger partial charge in [-0.1, -0.05) is 49.4 Å². The smallest absolute Gasteiger partial charge is 0.311 e. The highest BCUT2D eigenvalue weighted by Crippen LogP contribution is 2.34. The highest BCUT2D eigenvalue weighted by Gasteiger charge is 2.37. The number of benzene rings is 1. The lowest BCUT2D eigenvalue weighted by atomic mass is 9.83. The maximum Gasteiger partial charge on any atom is 0.311 e. The molecule has 1 aromatic rings. The molecule has 0 bridgehead atoms. The Bertz CT molecular complexity index is 739. The van der Waals surface area contributed by atoms with Crippen molar-refractivity contribution < 1.29 is 14.3 Å². The van der Waals surface area contributed by atoms with Gasteiger partial charge in [0.1, 0.15) is 0 Å². The molecule has 2 aliphatic carbocycles. The van der Waals surface area contributed by atoms with Crippen LogP contribution in [-0.4, -0.2) is 18.4 Å². The van der Waals surface area contributed by atoms with E-state index in [4.69, 9.17) is 14.7 Å². The van der Waals surface area contributed by atoms with E-state index in [9.17, 15) is 4.79 Å². The van der Waals surface area contributed by atoms with Gasteiger partial charge in [0.05, 0.1) is 18.6 Å². The van der Waals surface area contributed by atoms with E-state index in [2.05, 4.69) is 24.3 Å². The topological polar surface area (TPSA) is 59.3 Å². The quantitative estimate of drug-likeness (QED) is 0.524. The van der Waals surface area contributed by atoms with Gasteiger partial charge in [0, 0.05) is 12.3 Å². The SMILES string of the molecule is CCCOC1(OC(=O)C2CCC(C#N)CC2)C=CC(c2ccccc2)=CC1. The molecule has 2 aliphatic rings. The fourth-order valence-electron chi connectivity index (χ4n) is 3.65. The summed E-state index contributed by atoms with van der Waals surface area (Å²) in [5.41, 5.74) is 2.25. The number of nitriles is 1. The molecule has 1 unspecified atom stereocenters. The number of allylic oxidation sites excluding steroid dienone is 2. The zero-order chi connectivity index (χ0) is 19.1. The van der Waals surface area contributed by atoms with Crippen LogP contribution >= 0.6 is 0 Å². The number of rotatable bonds is 6. The Balaban J connectivity index is 1.68. The number of carbonyl (C=O) groups is 1. The largest absolute Gasteiger partial charge is 0.429 e. The normalized spacial score (nSPS) is 27.5. The molecule has 1 atom stereocenters. The van der Waals surface area contributed by atoms with Crippen LogP contribution in [0, 0.1) is 23.2 Å². The van der Waals surface area contributed by atoms with Crippen LogP contribution in [0.5, 0.6) is 0 Å². The number of hydrogen-bond donors (Lipinski definition) is 0. The molecular formula is C23H27NO3. The van der Waals surface area contributed by atoms with E-state index in [-0.39, 0.29) is 17.8 Å². The molecule has 0 heterocycles. The highest BCUT2D eigenvalue weighted by atomic mass is 16.7. The zero-order valence-electron chi connectivity index (χ0n) is 15.9. The lowest BCUT2D eigenvalue weighted by Gasteiger charge is -2.34. The van der Waals surface area contributed by atoms with Crippen molar-refractivity contribution in [3.05, 3.63) is 54.1 Å². The Morgan fingerprint density at radius 3 is 2.56 bits per heavy atom. The Kier molecular flexibility index (Phi) is 6.47. The van der Waals surface area contributed by atoms with Gasteiger partial charge in [0.15, 0.2) is 0 Å². The Morgan fingerprint density at radius 2 is 1.96 bits per heavy atom. The lowest BCUT2D eigenvalue weighted by Crippen LogP contribution is -2.39. The molecule has 0 aromatic heterocycles. The van der Waals surface area contributed by atoms with E-state index in [1.807, 2.05) is 37.3 Å². The summed E-state index contributed by atoms with van der Waals surface area (Å²) in [4.78, 5) is 12.7. The van der Waals surface area contributed by atoms with Gasteiger partial charge in [-0.15, -0.1) is 0 Å². The molecule has 4 heteroatoms. The zero-order valence-corrected chi connectivity index (χ0v) is 15.9. The van der Waals surface area contributed by atoms with Gasteiger partial charge in [-0.3, -0.25) is 4.79 Å². The van der Waals surface area contributed by atoms with Gasteiger partial charge in [0.25, 0.3) is 0 Å². The molecule has 1 fully saturated rings. The third-order valence-corrected chi connectivity index (χ3v) is 5.30. The molecule has 27 heavy (non-hydrogen) atoms. The number of ether oxygens (including phenoxy) is 2. The molecule has 4 nitrogen and oxygen atoms in total. The van der Waals surface area contributed by atoms with Crippen LogP contribution in [-0.2, 0) is 14.3 Å². The minimum absolute atomic E-state index is 0.0743. The summed E-state index contributed by atoms with van der Waals surface area (Å²) in [5, 5.41) is 9.03. The first-order chi connectivity index (χ1) is 13.2. The van der Waals surface area contributed by atoms with Gasteiger partial charge in [0.2, 0.25) is 5.79 Å². The van der Waals surface area contributed by atoms with Crippen molar-refractivity contribution in [1.82, 2.24) is 0 Å². The van der Waals surface area contributed by atoms with Gasteiger partial charge in [-0.25, -0.2) is 0 Å². The van der Waals surface area contributed by atoms with Crippen LogP contribution in [0.3, 0.4) is 0 Å². The summed E-state index contributed by atoms with van der Waals surface area (Å²) in [5.74, 6) is -1.28. The Labute approximate surface area is 161 Å². The van der Waals surface area contributed by atoms with Crippen molar-refractivity contribution in [1.29, 1.82) is 5.26 Å². The monoisotopic (exact) mass is 365 g/mol. The van der Waals surface area contributed by atoms with E-state index < -0.39 is 5.79 Å². The molecule has 0 radical (unpaired) electrons. The number of esters is 1. The first-order valence-electron chi connectivity index (χ1n) is 9.87. The molecule has 0 spiro atoms. The minimum Gasteiger partial charge on any atom is -0.429 e. The fraction of sp³-hybridized carbons (Fsp3) is 0.478. The van der Waals surface area contributed by atoms with Crippen LogP contribution in [0.1, 0.15) is 51.0 Å². The Hall–Kier alpha value is -2.38. The maximum absolute atomic E-state index is 12.7. The maximum atomic E-state index is 12.7. The van der Waals surface area contributed by atoms with Gasteiger partial charge >= 0.3 is 5.97 Å². The van der Waals surface area contributed by atoms with Crippen LogP contribution in [0.4, 0.5) is 0 Å². The molecular weight excluding hydrogens is 338 g/mol. The van der Waals surface area contributed by atoms with Crippen molar-refractivity contribution in [3.63, 3.8) is 0 Å². The molecule has 0 N–H and O–H groups in total. The molecule has 1 aromatic carbocycles. The second-order valence-electron chi connectivity index (χ2n) is 7.32. The molecule has 0 saturated heterocycles. The molecule has 0 aliphatic heterocycles. The molecule has 3 rings (SSSR count). The first-order valence-corrected chi connectivity index (χ1v) is 9.87. The number of carbonyl (C=O) groups excluding carboxylic acids is 1. The molecule has 1 saturated carbocycles.